The number of nitrogens with zero attached hydrogens (tertiary/aromatic N) is 3. The van der Waals surface area contributed by atoms with Gasteiger partial charge in [0.05, 0.1) is 0 Å². The Hall–Kier alpha value is -1.65. The molecule has 1 amide bonds. The van der Waals surface area contributed by atoms with Gasteiger partial charge in [-0.05, 0) is 24.2 Å². The summed E-state index contributed by atoms with van der Waals surface area (Å²) in [6.45, 7) is 10.2. The molecule has 1 saturated heterocycles. The van der Waals surface area contributed by atoms with Crippen molar-refractivity contribution in [3.05, 3.63) is 17.8 Å². The van der Waals surface area contributed by atoms with Gasteiger partial charge in [-0.2, -0.15) is 4.98 Å². The molecule has 1 atom stereocenters. The molecule has 1 aliphatic heterocycles. The maximum atomic E-state index is 12.0. The van der Waals surface area contributed by atoms with Crippen molar-refractivity contribution in [2.24, 2.45) is 11.3 Å². The molecule has 0 aromatic carbocycles. The van der Waals surface area contributed by atoms with Crippen LogP contribution in [0.3, 0.4) is 0 Å². The summed E-state index contributed by atoms with van der Waals surface area (Å²) >= 11 is 0. The van der Waals surface area contributed by atoms with Gasteiger partial charge in [0.25, 0.3) is 5.89 Å². The molecule has 1 aromatic rings. The summed E-state index contributed by atoms with van der Waals surface area (Å²) in [5.74, 6) is 2.33. The van der Waals surface area contributed by atoms with Crippen LogP contribution in [0.25, 0.3) is 5.57 Å². The average Bonchev–Trinajstić information content (AvgIpc) is 2.87. The Morgan fingerprint density at radius 2 is 2.18 bits per heavy atom. The number of likely N-dealkylation sites (tertiary alicyclic amines) is 1. The Labute approximate surface area is 131 Å². The first kappa shape index (κ1) is 15.3. The number of aromatic nitrogens is 2. The lowest BCUT2D eigenvalue weighted by Gasteiger charge is -2.32. The molecule has 1 aromatic heterocycles. The fraction of sp³-hybridized carbons (Fsp3) is 0.706. The molecular weight excluding hydrogens is 278 g/mol. The van der Waals surface area contributed by atoms with Crippen LogP contribution in [-0.4, -0.2) is 34.0 Å². The normalized spacial score (nSPS) is 24.4. The summed E-state index contributed by atoms with van der Waals surface area (Å²) < 4.78 is 5.43. The van der Waals surface area contributed by atoms with E-state index in [4.69, 9.17) is 4.52 Å². The Morgan fingerprint density at radius 3 is 2.82 bits per heavy atom. The van der Waals surface area contributed by atoms with E-state index >= 15 is 0 Å². The van der Waals surface area contributed by atoms with Crippen LogP contribution in [0.5, 0.6) is 0 Å². The van der Waals surface area contributed by atoms with E-state index in [0.717, 1.165) is 30.8 Å². The van der Waals surface area contributed by atoms with Gasteiger partial charge < -0.3 is 9.42 Å². The number of allylic oxidation sites excluding steroid dienone is 2. The second kappa shape index (κ2) is 5.52. The lowest BCUT2D eigenvalue weighted by molar-refractivity contribution is -0.134. The predicted octanol–water partition coefficient (Wildman–Crippen LogP) is 3.24. The second-order valence-electron chi connectivity index (χ2n) is 7.72. The fourth-order valence-corrected chi connectivity index (χ4v) is 3.34. The SMILES string of the molecule is CC(C)CN1CC(c2noc(C3=CC(C)(C)C3)n2)CCC1=O. The maximum absolute atomic E-state index is 12.0. The molecule has 1 aliphatic carbocycles. The highest BCUT2D eigenvalue weighted by Gasteiger charge is 2.33. The third-order valence-corrected chi connectivity index (χ3v) is 4.38. The van der Waals surface area contributed by atoms with Gasteiger partial charge in [0.1, 0.15) is 0 Å². The minimum absolute atomic E-state index is 0.197. The first-order valence-electron chi connectivity index (χ1n) is 8.17. The molecule has 1 unspecified atom stereocenters. The maximum Gasteiger partial charge on any atom is 0.253 e. The van der Waals surface area contributed by atoms with Crippen molar-refractivity contribution in [1.82, 2.24) is 15.0 Å². The summed E-state index contributed by atoms with van der Waals surface area (Å²) in [6, 6.07) is 0. The Bertz CT molecular complexity index is 601. The molecule has 5 nitrogen and oxygen atoms in total. The lowest BCUT2D eigenvalue weighted by atomic mass is 9.74. The van der Waals surface area contributed by atoms with Gasteiger partial charge in [0.2, 0.25) is 5.91 Å². The first-order chi connectivity index (χ1) is 10.3. The zero-order chi connectivity index (χ0) is 15.9. The van der Waals surface area contributed by atoms with Gasteiger partial charge in [0, 0.05) is 31.0 Å². The molecule has 22 heavy (non-hydrogen) atoms. The lowest BCUT2D eigenvalue weighted by Crippen LogP contribution is -2.41. The molecule has 3 rings (SSSR count). The van der Waals surface area contributed by atoms with Crippen molar-refractivity contribution in [3.63, 3.8) is 0 Å². The van der Waals surface area contributed by atoms with E-state index in [2.05, 4.69) is 43.9 Å². The smallest absolute Gasteiger partial charge is 0.253 e. The van der Waals surface area contributed by atoms with E-state index in [1.54, 1.807) is 0 Å². The van der Waals surface area contributed by atoms with Crippen molar-refractivity contribution < 1.29 is 9.32 Å². The zero-order valence-electron chi connectivity index (χ0n) is 13.9. The molecule has 0 bridgehead atoms. The van der Waals surface area contributed by atoms with Crippen LogP contribution < -0.4 is 0 Å². The molecule has 120 valence electrons. The first-order valence-corrected chi connectivity index (χ1v) is 8.17. The summed E-state index contributed by atoms with van der Waals surface area (Å²) in [6.07, 6.45) is 4.57. The van der Waals surface area contributed by atoms with Gasteiger partial charge in [-0.1, -0.05) is 38.9 Å². The van der Waals surface area contributed by atoms with Crippen LogP contribution in [0.1, 0.15) is 64.6 Å². The Kier molecular flexibility index (Phi) is 3.83. The number of carbonyl (C=O) groups excluding carboxylic acids is 1. The largest absolute Gasteiger partial charge is 0.342 e. The minimum Gasteiger partial charge on any atom is -0.342 e. The van der Waals surface area contributed by atoms with Crippen LogP contribution in [-0.2, 0) is 4.79 Å². The molecule has 2 aliphatic rings. The molecule has 5 heteroatoms. The van der Waals surface area contributed by atoms with E-state index in [9.17, 15) is 4.79 Å². The number of hydrogen-bond acceptors (Lipinski definition) is 4. The van der Waals surface area contributed by atoms with Crippen LogP contribution in [0, 0.1) is 11.3 Å². The molecule has 0 radical (unpaired) electrons. The molecule has 0 spiro atoms. The van der Waals surface area contributed by atoms with Gasteiger partial charge in [0.15, 0.2) is 5.82 Å². The topological polar surface area (TPSA) is 59.2 Å². The third-order valence-electron chi connectivity index (χ3n) is 4.38. The van der Waals surface area contributed by atoms with Crippen LogP contribution >= 0.6 is 0 Å². The molecule has 0 saturated carbocycles. The number of carbonyl (C=O) groups is 1. The molecule has 0 N–H and O–H groups in total. The minimum atomic E-state index is 0.197. The van der Waals surface area contributed by atoms with Gasteiger partial charge in [-0.3, -0.25) is 4.79 Å². The number of rotatable bonds is 4. The highest BCUT2D eigenvalue weighted by Crippen LogP contribution is 2.43. The molecule has 2 heterocycles. The van der Waals surface area contributed by atoms with Gasteiger partial charge >= 0.3 is 0 Å². The quantitative estimate of drug-likeness (QED) is 0.856. The molecular formula is C17H25N3O2. The highest BCUT2D eigenvalue weighted by molar-refractivity contribution is 5.77. The van der Waals surface area contributed by atoms with Crippen LogP contribution in [0.2, 0.25) is 0 Å². The van der Waals surface area contributed by atoms with Crippen molar-refractivity contribution in [1.29, 1.82) is 0 Å². The van der Waals surface area contributed by atoms with Crippen molar-refractivity contribution >= 4 is 11.5 Å². The zero-order valence-corrected chi connectivity index (χ0v) is 13.9. The van der Waals surface area contributed by atoms with Crippen LogP contribution in [0.15, 0.2) is 10.6 Å². The molecule has 1 fully saturated rings. The van der Waals surface area contributed by atoms with Gasteiger partial charge in [-0.25, -0.2) is 0 Å². The van der Waals surface area contributed by atoms with Crippen molar-refractivity contribution in [2.75, 3.05) is 13.1 Å². The van der Waals surface area contributed by atoms with E-state index < -0.39 is 0 Å². The summed E-state index contributed by atoms with van der Waals surface area (Å²) in [7, 11) is 0. The van der Waals surface area contributed by atoms with E-state index in [0.29, 0.717) is 24.8 Å². The van der Waals surface area contributed by atoms with Crippen molar-refractivity contribution in [2.45, 2.75) is 52.9 Å². The predicted molar refractivity (Wildman–Crippen MR) is 84.1 cm³/mol. The van der Waals surface area contributed by atoms with E-state index in [1.807, 2.05) is 4.90 Å². The summed E-state index contributed by atoms with van der Waals surface area (Å²) in [4.78, 5) is 18.5. The number of piperidine rings is 1. The fourth-order valence-electron chi connectivity index (χ4n) is 3.34. The van der Waals surface area contributed by atoms with E-state index in [-0.39, 0.29) is 17.2 Å². The second-order valence-corrected chi connectivity index (χ2v) is 7.72. The third kappa shape index (κ3) is 3.08. The van der Waals surface area contributed by atoms with Crippen LogP contribution in [0.4, 0.5) is 0 Å². The van der Waals surface area contributed by atoms with E-state index in [1.165, 1.54) is 0 Å². The standard InChI is InChI=1S/C17H25N3O2/c1-11(2)9-20-10-12(5-6-14(20)21)15-18-16(22-19-15)13-7-17(3,4)8-13/h7,11-12H,5-6,8-10H2,1-4H3. The summed E-state index contributed by atoms with van der Waals surface area (Å²) in [5, 5.41) is 4.16. The number of amides is 1. The van der Waals surface area contributed by atoms with Gasteiger partial charge in [-0.15, -0.1) is 0 Å². The van der Waals surface area contributed by atoms with Crippen molar-refractivity contribution in [3.8, 4) is 0 Å². The average molecular weight is 303 g/mol. The number of hydrogen-bond donors (Lipinski definition) is 0. The monoisotopic (exact) mass is 303 g/mol. The Balaban J connectivity index is 1.70. The summed E-state index contributed by atoms with van der Waals surface area (Å²) in [5.41, 5.74) is 1.39. The Morgan fingerprint density at radius 1 is 1.45 bits per heavy atom. The highest BCUT2D eigenvalue weighted by atomic mass is 16.5.